The topological polar surface area (TPSA) is 75.9 Å². The summed E-state index contributed by atoms with van der Waals surface area (Å²) in [5.74, 6) is 4.67. The second kappa shape index (κ2) is 11.2. The molecule has 2 N–H and O–H groups in total. The summed E-state index contributed by atoms with van der Waals surface area (Å²) >= 11 is 5.89. The SMILES string of the molecule is OC(CNCCc1ccc(C#Cc2ccc(Cl)cc2)cc1)(Cn1cnnn1)c1ccc(F)cc1F. The lowest BCUT2D eigenvalue weighted by atomic mass is 9.92. The van der Waals surface area contributed by atoms with Crippen LogP contribution < -0.4 is 5.32 Å². The van der Waals surface area contributed by atoms with Crippen molar-refractivity contribution < 1.29 is 13.9 Å². The minimum Gasteiger partial charge on any atom is -0.382 e. The second-order valence-corrected chi connectivity index (χ2v) is 8.48. The molecule has 0 amide bonds. The lowest BCUT2D eigenvalue weighted by molar-refractivity contribution is 0.0118. The van der Waals surface area contributed by atoms with Gasteiger partial charge in [-0.2, -0.15) is 0 Å². The first kappa shape index (κ1) is 24.5. The zero-order chi connectivity index (χ0) is 24.7. The zero-order valence-corrected chi connectivity index (χ0v) is 19.4. The lowest BCUT2D eigenvalue weighted by Crippen LogP contribution is -2.43. The summed E-state index contributed by atoms with van der Waals surface area (Å²) in [6.07, 6.45) is 2.00. The van der Waals surface area contributed by atoms with E-state index in [1.54, 1.807) is 12.1 Å². The fourth-order valence-electron chi connectivity index (χ4n) is 3.58. The maximum Gasteiger partial charge on any atom is 0.138 e. The molecule has 0 fully saturated rings. The van der Waals surface area contributed by atoms with Crippen LogP contribution in [0.1, 0.15) is 22.3 Å². The molecule has 178 valence electrons. The van der Waals surface area contributed by atoms with E-state index in [4.69, 9.17) is 11.6 Å². The van der Waals surface area contributed by atoms with Gasteiger partial charge in [-0.3, -0.25) is 0 Å². The van der Waals surface area contributed by atoms with Gasteiger partial charge in [0.15, 0.2) is 0 Å². The first-order valence-corrected chi connectivity index (χ1v) is 11.2. The third-order valence-electron chi connectivity index (χ3n) is 5.40. The predicted molar refractivity (Wildman–Crippen MR) is 129 cm³/mol. The van der Waals surface area contributed by atoms with Gasteiger partial charge in [0, 0.05) is 34.3 Å². The maximum atomic E-state index is 14.5. The predicted octanol–water partition coefficient (Wildman–Crippen LogP) is 3.72. The van der Waals surface area contributed by atoms with Gasteiger partial charge < -0.3 is 10.4 Å². The second-order valence-electron chi connectivity index (χ2n) is 8.04. The number of halogens is 3. The van der Waals surface area contributed by atoms with Gasteiger partial charge in [0.05, 0.1) is 6.54 Å². The Hall–Kier alpha value is -3.64. The van der Waals surface area contributed by atoms with E-state index in [0.717, 1.165) is 28.8 Å². The monoisotopic (exact) mass is 493 g/mol. The Morgan fingerprint density at radius 2 is 1.66 bits per heavy atom. The summed E-state index contributed by atoms with van der Waals surface area (Å²) < 4.78 is 29.2. The molecule has 4 rings (SSSR count). The van der Waals surface area contributed by atoms with Crippen LogP contribution in [-0.2, 0) is 18.6 Å². The largest absolute Gasteiger partial charge is 0.382 e. The Bertz CT molecular complexity index is 1320. The molecule has 0 saturated heterocycles. The quantitative estimate of drug-likeness (QED) is 0.289. The third-order valence-corrected chi connectivity index (χ3v) is 5.66. The van der Waals surface area contributed by atoms with Gasteiger partial charge in [-0.1, -0.05) is 41.6 Å². The molecule has 0 aliphatic heterocycles. The first-order chi connectivity index (χ1) is 16.9. The van der Waals surface area contributed by atoms with E-state index >= 15 is 0 Å². The number of aromatic nitrogens is 4. The summed E-state index contributed by atoms with van der Waals surface area (Å²) in [7, 11) is 0. The van der Waals surface area contributed by atoms with Crippen LogP contribution in [0.15, 0.2) is 73.1 Å². The van der Waals surface area contributed by atoms with Crippen LogP contribution in [0.5, 0.6) is 0 Å². The molecule has 0 aliphatic rings. The highest BCUT2D eigenvalue weighted by atomic mass is 35.5. The van der Waals surface area contributed by atoms with Gasteiger partial charge in [0.2, 0.25) is 0 Å². The van der Waals surface area contributed by atoms with Crippen molar-refractivity contribution in [1.82, 2.24) is 25.5 Å². The number of hydrogen-bond donors (Lipinski definition) is 2. The first-order valence-electron chi connectivity index (χ1n) is 10.9. The Kier molecular flexibility index (Phi) is 7.83. The molecule has 1 atom stereocenters. The van der Waals surface area contributed by atoms with Crippen LogP contribution in [0.2, 0.25) is 5.02 Å². The Morgan fingerprint density at radius 3 is 2.29 bits per heavy atom. The summed E-state index contributed by atoms with van der Waals surface area (Å²) in [5, 5.41) is 25.9. The van der Waals surface area contributed by atoms with Crippen LogP contribution in [0.4, 0.5) is 8.78 Å². The Morgan fingerprint density at radius 1 is 0.971 bits per heavy atom. The third kappa shape index (κ3) is 6.70. The number of rotatable bonds is 8. The highest BCUT2D eigenvalue weighted by Gasteiger charge is 2.33. The van der Waals surface area contributed by atoms with E-state index in [2.05, 4.69) is 32.7 Å². The smallest absolute Gasteiger partial charge is 0.138 e. The van der Waals surface area contributed by atoms with Crippen molar-refractivity contribution in [1.29, 1.82) is 0 Å². The van der Waals surface area contributed by atoms with E-state index in [-0.39, 0.29) is 18.7 Å². The van der Waals surface area contributed by atoms with Crippen molar-refractivity contribution in [2.75, 3.05) is 13.1 Å². The molecule has 1 heterocycles. The van der Waals surface area contributed by atoms with Gasteiger partial charge in [0.25, 0.3) is 0 Å². The molecule has 4 aromatic rings. The molecule has 0 radical (unpaired) electrons. The molecule has 0 bridgehead atoms. The van der Waals surface area contributed by atoms with E-state index in [0.29, 0.717) is 18.0 Å². The van der Waals surface area contributed by atoms with E-state index in [9.17, 15) is 13.9 Å². The lowest BCUT2D eigenvalue weighted by Gasteiger charge is -2.29. The number of nitrogens with one attached hydrogen (secondary N) is 1. The molecule has 9 heteroatoms. The normalized spacial score (nSPS) is 12.6. The van der Waals surface area contributed by atoms with Crippen molar-refractivity contribution in [3.63, 3.8) is 0 Å². The van der Waals surface area contributed by atoms with Gasteiger partial charge in [-0.15, -0.1) is 5.10 Å². The average Bonchev–Trinajstić information content (AvgIpc) is 3.35. The molecule has 1 aromatic heterocycles. The van der Waals surface area contributed by atoms with Crippen molar-refractivity contribution in [3.8, 4) is 11.8 Å². The van der Waals surface area contributed by atoms with E-state index in [1.807, 2.05) is 36.4 Å². The number of benzene rings is 3. The number of aliphatic hydroxyl groups is 1. The van der Waals surface area contributed by atoms with Crippen LogP contribution >= 0.6 is 11.6 Å². The van der Waals surface area contributed by atoms with Gasteiger partial charge in [-0.05, 0) is 71.4 Å². The maximum absolute atomic E-state index is 14.5. The van der Waals surface area contributed by atoms with Crippen LogP contribution in [0.3, 0.4) is 0 Å². The fraction of sp³-hybridized carbons (Fsp3) is 0.192. The van der Waals surface area contributed by atoms with Gasteiger partial charge >= 0.3 is 0 Å². The van der Waals surface area contributed by atoms with Crippen LogP contribution in [0.25, 0.3) is 0 Å². The highest BCUT2D eigenvalue weighted by Crippen LogP contribution is 2.26. The van der Waals surface area contributed by atoms with Crippen molar-refractivity contribution in [3.05, 3.63) is 112 Å². The number of tetrazole rings is 1. The molecule has 6 nitrogen and oxygen atoms in total. The molecule has 35 heavy (non-hydrogen) atoms. The molecule has 1 unspecified atom stereocenters. The Labute approximate surface area is 206 Å². The summed E-state index contributed by atoms with van der Waals surface area (Å²) in [5.41, 5.74) is 1.12. The Balaban J connectivity index is 1.36. The number of hydrogen-bond acceptors (Lipinski definition) is 5. The van der Waals surface area contributed by atoms with Crippen molar-refractivity contribution in [2.24, 2.45) is 0 Å². The molecule has 0 aliphatic carbocycles. The van der Waals surface area contributed by atoms with Gasteiger partial charge in [0.1, 0.15) is 23.6 Å². The summed E-state index contributed by atoms with van der Waals surface area (Å²) in [4.78, 5) is 0. The standard InChI is InChI=1S/C26H22ClF2N5O/c27-22-9-7-20(8-10-22)2-1-19-3-5-21(6-4-19)13-14-30-16-26(35,17-34-18-31-32-33-34)24-12-11-23(28)15-25(24)29/h3-12,15,18,30,35H,13-14,16-17H2. The zero-order valence-electron chi connectivity index (χ0n) is 18.6. The molecular formula is C26H22ClF2N5O. The number of nitrogens with zero attached hydrogens (tertiary/aromatic N) is 4. The molecule has 0 saturated carbocycles. The van der Waals surface area contributed by atoms with Crippen molar-refractivity contribution in [2.45, 2.75) is 18.6 Å². The van der Waals surface area contributed by atoms with Crippen LogP contribution in [-0.4, -0.2) is 38.4 Å². The average molecular weight is 494 g/mol. The van der Waals surface area contributed by atoms with Crippen molar-refractivity contribution >= 4 is 11.6 Å². The van der Waals surface area contributed by atoms with Gasteiger partial charge in [-0.25, -0.2) is 13.5 Å². The van der Waals surface area contributed by atoms with E-state index < -0.39 is 17.2 Å². The molecule has 3 aromatic carbocycles. The minimum atomic E-state index is -1.69. The highest BCUT2D eigenvalue weighted by molar-refractivity contribution is 6.30. The van der Waals surface area contributed by atoms with Crippen LogP contribution in [0, 0.1) is 23.5 Å². The minimum absolute atomic E-state index is 0.0140. The molecule has 0 spiro atoms. The fourth-order valence-corrected chi connectivity index (χ4v) is 3.71. The summed E-state index contributed by atoms with van der Waals surface area (Å²) in [6.45, 7) is 0.438. The van der Waals surface area contributed by atoms with E-state index in [1.165, 1.54) is 17.1 Å². The summed E-state index contributed by atoms with van der Waals surface area (Å²) in [6, 6.07) is 18.3. The molecular weight excluding hydrogens is 472 g/mol.